The molecule has 0 fully saturated rings. The molecule has 0 aliphatic heterocycles. The molecule has 0 bridgehead atoms. The molecule has 1 aromatic rings. The number of carbonyl (C=O) groups excluding carboxylic acids is 1. The predicted octanol–water partition coefficient (Wildman–Crippen LogP) is 3.32. The Kier molecular flexibility index (Phi) is 3.98. The van der Waals surface area contributed by atoms with Gasteiger partial charge in [0.2, 0.25) is 0 Å². The maximum Gasteiger partial charge on any atom is 0.165 e. The molecule has 15 heavy (non-hydrogen) atoms. The van der Waals surface area contributed by atoms with Crippen LogP contribution in [0.3, 0.4) is 0 Å². The molecule has 1 atom stereocenters. The number of rotatable bonds is 3. The highest BCUT2D eigenvalue weighted by atomic mass is 79.9. The highest BCUT2D eigenvalue weighted by Gasteiger charge is 2.15. The number of carbonyl (C=O) groups is 1. The van der Waals surface area contributed by atoms with Crippen LogP contribution in [0.2, 0.25) is 0 Å². The van der Waals surface area contributed by atoms with E-state index in [9.17, 15) is 9.18 Å². The van der Waals surface area contributed by atoms with Gasteiger partial charge in [-0.05, 0) is 28.9 Å². The fraction of sp³-hybridized carbons (Fsp3) is 0.273. The maximum atomic E-state index is 13.1. The van der Waals surface area contributed by atoms with Crippen LogP contribution >= 0.6 is 15.9 Å². The minimum absolute atomic E-state index is 0.110. The van der Waals surface area contributed by atoms with Crippen molar-refractivity contribution < 1.29 is 9.18 Å². The number of ketones is 1. The lowest BCUT2D eigenvalue weighted by Gasteiger charge is -2.05. The zero-order valence-electron chi connectivity index (χ0n) is 8.13. The van der Waals surface area contributed by atoms with Gasteiger partial charge >= 0.3 is 0 Å². The van der Waals surface area contributed by atoms with Gasteiger partial charge in [0.1, 0.15) is 5.82 Å². The fourth-order valence-corrected chi connectivity index (χ4v) is 1.64. The SMILES string of the molecule is CC(C#N)CC(=O)c1cccc(F)c1Br. The van der Waals surface area contributed by atoms with Crippen LogP contribution in [0.4, 0.5) is 4.39 Å². The molecule has 0 spiro atoms. The first-order valence-electron chi connectivity index (χ1n) is 4.43. The monoisotopic (exact) mass is 269 g/mol. The Morgan fingerprint density at radius 2 is 2.33 bits per heavy atom. The van der Waals surface area contributed by atoms with Gasteiger partial charge in [-0.2, -0.15) is 5.26 Å². The van der Waals surface area contributed by atoms with Gasteiger partial charge in [0.15, 0.2) is 5.78 Å². The quantitative estimate of drug-likeness (QED) is 0.790. The number of nitriles is 1. The zero-order valence-corrected chi connectivity index (χ0v) is 9.71. The van der Waals surface area contributed by atoms with E-state index in [1.807, 2.05) is 6.07 Å². The predicted molar refractivity (Wildman–Crippen MR) is 57.8 cm³/mol. The van der Waals surface area contributed by atoms with E-state index in [0.29, 0.717) is 0 Å². The lowest BCUT2D eigenvalue weighted by Crippen LogP contribution is -2.06. The smallest absolute Gasteiger partial charge is 0.165 e. The molecule has 1 aromatic carbocycles. The number of nitrogens with zero attached hydrogens (tertiary/aromatic N) is 1. The van der Waals surface area contributed by atoms with Crippen LogP contribution in [0.25, 0.3) is 0 Å². The van der Waals surface area contributed by atoms with E-state index in [1.165, 1.54) is 12.1 Å². The topological polar surface area (TPSA) is 40.9 Å². The van der Waals surface area contributed by atoms with Gasteiger partial charge in [-0.1, -0.05) is 12.1 Å². The number of halogens is 2. The number of Topliss-reactive ketones (excluding diaryl/α,β-unsaturated/α-hetero) is 1. The molecule has 0 amide bonds. The minimum atomic E-state index is -0.467. The Balaban J connectivity index is 2.93. The summed E-state index contributed by atoms with van der Waals surface area (Å²) >= 11 is 3.01. The second kappa shape index (κ2) is 5.04. The molecule has 2 nitrogen and oxygen atoms in total. The molecule has 1 unspecified atom stereocenters. The molecule has 0 aliphatic carbocycles. The Hall–Kier alpha value is -1.21. The van der Waals surface area contributed by atoms with E-state index in [0.717, 1.165) is 0 Å². The summed E-state index contributed by atoms with van der Waals surface area (Å²) in [6.45, 7) is 1.66. The van der Waals surface area contributed by atoms with Crippen molar-refractivity contribution in [1.29, 1.82) is 5.26 Å². The summed E-state index contributed by atoms with van der Waals surface area (Å²) in [4.78, 5) is 11.6. The van der Waals surface area contributed by atoms with Crippen LogP contribution in [0, 0.1) is 23.1 Å². The van der Waals surface area contributed by atoms with Gasteiger partial charge in [0.05, 0.1) is 16.5 Å². The Labute approximate surface area is 95.8 Å². The van der Waals surface area contributed by atoms with Crippen molar-refractivity contribution in [2.75, 3.05) is 0 Å². The van der Waals surface area contributed by atoms with Crippen LogP contribution in [0.15, 0.2) is 22.7 Å². The molecular weight excluding hydrogens is 261 g/mol. The normalized spacial score (nSPS) is 11.9. The second-order valence-electron chi connectivity index (χ2n) is 3.26. The Morgan fingerprint density at radius 1 is 1.67 bits per heavy atom. The van der Waals surface area contributed by atoms with Crippen LogP contribution in [-0.2, 0) is 0 Å². The van der Waals surface area contributed by atoms with Crippen molar-refractivity contribution in [3.8, 4) is 6.07 Å². The van der Waals surface area contributed by atoms with Gasteiger partial charge < -0.3 is 0 Å². The molecule has 0 radical (unpaired) electrons. The molecule has 0 aromatic heterocycles. The first-order valence-corrected chi connectivity index (χ1v) is 5.22. The summed E-state index contributed by atoms with van der Waals surface area (Å²) in [6.07, 6.45) is 0.110. The molecule has 0 saturated carbocycles. The second-order valence-corrected chi connectivity index (χ2v) is 4.05. The van der Waals surface area contributed by atoms with Gasteiger partial charge in [-0.25, -0.2) is 4.39 Å². The fourth-order valence-electron chi connectivity index (χ4n) is 1.15. The van der Waals surface area contributed by atoms with Crippen LogP contribution in [0.1, 0.15) is 23.7 Å². The molecule has 4 heteroatoms. The molecule has 0 aliphatic rings. The number of hydrogen-bond acceptors (Lipinski definition) is 2. The average molecular weight is 270 g/mol. The first kappa shape index (κ1) is 11.9. The summed E-state index contributed by atoms with van der Waals surface area (Å²) < 4.78 is 13.3. The van der Waals surface area contributed by atoms with Crippen molar-refractivity contribution in [1.82, 2.24) is 0 Å². The Morgan fingerprint density at radius 3 is 2.93 bits per heavy atom. The van der Waals surface area contributed by atoms with Gasteiger partial charge in [0.25, 0.3) is 0 Å². The molecule has 0 N–H and O–H groups in total. The van der Waals surface area contributed by atoms with Gasteiger partial charge in [0, 0.05) is 12.0 Å². The van der Waals surface area contributed by atoms with Gasteiger partial charge in [-0.3, -0.25) is 4.79 Å². The molecule has 1 rings (SSSR count). The highest BCUT2D eigenvalue weighted by molar-refractivity contribution is 9.10. The van der Waals surface area contributed by atoms with E-state index >= 15 is 0 Å². The minimum Gasteiger partial charge on any atom is -0.294 e. The average Bonchev–Trinajstić information content (AvgIpc) is 2.21. The third kappa shape index (κ3) is 2.87. The molecule has 78 valence electrons. The van der Waals surface area contributed by atoms with Crippen LogP contribution < -0.4 is 0 Å². The van der Waals surface area contributed by atoms with E-state index in [4.69, 9.17) is 5.26 Å². The van der Waals surface area contributed by atoms with Crippen molar-refractivity contribution in [2.45, 2.75) is 13.3 Å². The molecule has 0 saturated heterocycles. The van der Waals surface area contributed by atoms with Crippen LogP contribution in [-0.4, -0.2) is 5.78 Å². The molecular formula is C11H9BrFNO. The van der Waals surface area contributed by atoms with Crippen molar-refractivity contribution in [3.63, 3.8) is 0 Å². The summed E-state index contributed by atoms with van der Waals surface area (Å²) in [5.74, 6) is -1.05. The van der Waals surface area contributed by atoms with Crippen LogP contribution in [0.5, 0.6) is 0 Å². The highest BCUT2D eigenvalue weighted by Crippen LogP contribution is 2.22. The van der Waals surface area contributed by atoms with Crippen molar-refractivity contribution in [2.24, 2.45) is 5.92 Å². The van der Waals surface area contributed by atoms with Crippen molar-refractivity contribution >= 4 is 21.7 Å². The lowest BCUT2D eigenvalue weighted by molar-refractivity contribution is 0.0971. The van der Waals surface area contributed by atoms with E-state index in [1.54, 1.807) is 13.0 Å². The largest absolute Gasteiger partial charge is 0.294 e. The van der Waals surface area contributed by atoms with E-state index in [2.05, 4.69) is 15.9 Å². The molecule has 0 heterocycles. The summed E-state index contributed by atoms with van der Waals surface area (Å²) in [7, 11) is 0. The summed E-state index contributed by atoms with van der Waals surface area (Å²) in [5.41, 5.74) is 0.289. The lowest BCUT2D eigenvalue weighted by atomic mass is 10.0. The number of hydrogen-bond donors (Lipinski definition) is 0. The standard InChI is InChI=1S/C11H9BrFNO/c1-7(6-14)5-10(15)8-3-2-4-9(13)11(8)12/h2-4,7H,5H2,1H3. The maximum absolute atomic E-state index is 13.1. The zero-order chi connectivity index (χ0) is 11.4. The number of benzene rings is 1. The third-order valence-corrected chi connectivity index (χ3v) is 2.77. The Bertz CT molecular complexity index is 425. The third-order valence-electron chi connectivity index (χ3n) is 1.96. The van der Waals surface area contributed by atoms with E-state index in [-0.39, 0.29) is 28.2 Å². The summed E-state index contributed by atoms with van der Waals surface area (Å²) in [6, 6.07) is 6.26. The summed E-state index contributed by atoms with van der Waals surface area (Å²) in [5, 5.41) is 8.57. The van der Waals surface area contributed by atoms with Gasteiger partial charge in [-0.15, -0.1) is 0 Å². The first-order chi connectivity index (χ1) is 7.06. The van der Waals surface area contributed by atoms with Crippen molar-refractivity contribution in [3.05, 3.63) is 34.1 Å². The van der Waals surface area contributed by atoms with E-state index < -0.39 is 5.82 Å².